The van der Waals surface area contributed by atoms with Crippen molar-refractivity contribution in [2.24, 2.45) is 0 Å². The predicted molar refractivity (Wildman–Crippen MR) is 76.1 cm³/mol. The van der Waals surface area contributed by atoms with Gasteiger partial charge >= 0.3 is 0 Å². The van der Waals surface area contributed by atoms with Crippen molar-refractivity contribution in [2.75, 3.05) is 20.7 Å². The summed E-state index contributed by atoms with van der Waals surface area (Å²) in [5.74, 6) is 0.933. The van der Waals surface area contributed by atoms with Crippen LogP contribution in [0.2, 0.25) is 0 Å². The standard InChI is InChI=1S/C16H23NO/c1-12-9-15(17(3)11-13(12)2)10-14-5-7-16(18-4)8-6-14/h5-8,15H,9-11H2,1-4H3. The van der Waals surface area contributed by atoms with Crippen LogP contribution >= 0.6 is 0 Å². The first-order valence-corrected chi connectivity index (χ1v) is 6.58. The molecule has 0 amide bonds. The summed E-state index contributed by atoms with van der Waals surface area (Å²) in [6, 6.07) is 9.07. The highest BCUT2D eigenvalue weighted by atomic mass is 16.5. The number of ether oxygens (including phenoxy) is 1. The number of hydrogen-bond acceptors (Lipinski definition) is 2. The Morgan fingerprint density at radius 3 is 2.44 bits per heavy atom. The van der Waals surface area contributed by atoms with Crippen molar-refractivity contribution in [3.8, 4) is 5.75 Å². The van der Waals surface area contributed by atoms with Gasteiger partial charge in [0, 0.05) is 12.6 Å². The molecule has 2 nitrogen and oxygen atoms in total. The summed E-state index contributed by atoms with van der Waals surface area (Å²) >= 11 is 0. The van der Waals surface area contributed by atoms with Gasteiger partial charge in [-0.3, -0.25) is 4.90 Å². The van der Waals surface area contributed by atoms with E-state index in [1.54, 1.807) is 12.7 Å². The van der Waals surface area contributed by atoms with E-state index in [0.717, 1.165) is 18.7 Å². The minimum Gasteiger partial charge on any atom is -0.497 e. The third-order valence-corrected chi connectivity index (χ3v) is 4.01. The van der Waals surface area contributed by atoms with E-state index in [1.807, 2.05) is 12.1 Å². The molecule has 0 spiro atoms. The van der Waals surface area contributed by atoms with Gasteiger partial charge in [-0.15, -0.1) is 0 Å². The average Bonchev–Trinajstić information content (AvgIpc) is 2.37. The van der Waals surface area contributed by atoms with Gasteiger partial charge in [0.2, 0.25) is 0 Å². The summed E-state index contributed by atoms with van der Waals surface area (Å²) in [4.78, 5) is 2.46. The normalized spacial score (nSPS) is 21.2. The minimum absolute atomic E-state index is 0.627. The molecule has 2 rings (SSSR count). The largest absolute Gasteiger partial charge is 0.497 e. The van der Waals surface area contributed by atoms with Crippen LogP contribution in [0.4, 0.5) is 0 Å². The smallest absolute Gasteiger partial charge is 0.118 e. The first-order valence-electron chi connectivity index (χ1n) is 6.58. The summed E-state index contributed by atoms with van der Waals surface area (Å²) in [5.41, 5.74) is 4.48. The van der Waals surface area contributed by atoms with E-state index >= 15 is 0 Å². The molecule has 1 aromatic carbocycles. The third-order valence-electron chi connectivity index (χ3n) is 4.01. The molecule has 0 fully saturated rings. The Kier molecular flexibility index (Phi) is 4.07. The van der Waals surface area contributed by atoms with Gasteiger partial charge in [-0.2, -0.15) is 0 Å². The molecule has 0 saturated carbocycles. The summed E-state index contributed by atoms with van der Waals surface area (Å²) in [6.07, 6.45) is 2.31. The molecule has 0 saturated heterocycles. The molecular formula is C16H23NO. The lowest BCUT2D eigenvalue weighted by Gasteiger charge is -2.34. The summed E-state index contributed by atoms with van der Waals surface area (Å²) in [6.45, 7) is 5.62. The lowest BCUT2D eigenvalue weighted by molar-refractivity contribution is 0.241. The molecule has 2 heteroatoms. The van der Waals surface area contributed by atoms with Crippen LogP contribution in [0.5, 0.6) is 5.75 Å². The van der Waals surface area contributed by atoms with Crippen molar-refractivity contribution in [1.82, 2.24) is 4.90 Å². The van der Waals surface area contributed by atoms with Crippen LogP contribution in [0.25, 0.3) is 0 Å². The first-order chi connectivity index (χ1) is 8.60. The van der Waals surface area contributed by atoms with Crippen LogP contribution in [0.15, 0.2) is 35.4 Å². The molecule has 0 aromatic heterocycles. The van der Waals surface area contributed by atoms with Crippen molar-refractivity contribution >= 4 is 0 Å². The van der Waals surface area contributed by atoms with E-state index in [4.69, 9.17) is 4.74 Å². The van der Waals surface area contributed by atoms with Crippen LogP contribution in [-0.2, 0) is 6.42 Å². The van der Waals surface area contributed by atoms with Crippen LogP contribution in [0.3, 0.4) is 0 Å². The molecule has 1 aliphatic rings. The van der Waals surface area contributed by atoms with E-state index in [-0.39, 0.29) is 0 Å². The van der Waals surface area contributed by atoms with Crippen molar-refractivity contribution in [3.05, 3.63) is 41.0 Å². The van der Waals surface area contributed by atoms with Crippen LogP contribution < -0.4 is 4.74 Å². The molecular weight excluding hydrogens is 222 g/mol. The van der Waals surface area contributed by atoms with Gasteiger partial charge in [0.1, 0.15) is 5.75 Å². The number of nitrogens with zero attached hydrogens (tertiary/aromatic N) is 1. The second-order valence-electron chi connectivity index (χ2n) is 5.39. The fourth-order valence-corrected chi connectivity index (χ4v) is 2.58. The zero-order valence-corrected chi connectivity index (χ0v) is 11.9. The van der Waals surface area contributed by atoms with Gasteiger partial charge in [0.05, 0.1) is 7.11 Å². The lowest BCUT2D eigenvalue weighted by atomic mass is 9.92. The Bertz CT molecular complexity index is 433. The second kappa shape index (κ2) is 5.57. The van der Waals surface area contributed by atoms with Crippen molar-refractivity contribution in [1.29, 1.82) is 0 Å². The number of hydrogen-bond donors (Lipinski definition) is 0. The second-order valence-corrected chi connectivity index (χ2v) is 5.39. The monoisotopic (exact) mass is 245 g/mol. The van der Waals surface area contributed by atoms with Crippen LogP contribution in [0.1, 0.15) is 25.8 Å². The van der Waals surface area contributed by atoms with E-state index in [2.05, 4.69) is 37.9 Å². The van der Waals surface area contributed by atoms with Gasteiger partial charge in [-0.25, -0.2) is 0 Å². The van der Waals surface area contributed by atoms with Gasteiger partial charge in [0.25, 0.3) is 0 Å². The minimum atomic E-state index is 0.627. The molecule has 1 atom stereocenters. The topological polar surface area (TPSA) is 12.5 Å². The Hall–Kier alpha value is -1.28. The quantitative estimate of drug-likeness (QED) is 0.758. The van der Waals surface area contributed by atoms with E-state index < -0.39 is 0 Å². The Morgan fingerprint density at radius 2 is 1.83 bits per heavy atom. The average molecular weight is 245 g/mol. The van der Waals surface area contributed by atoms with E-state index in [1.165, 1.54) is 17.6 Å². The SMILES string of the molecule is COc1ccc(CC2CC(C)=C(C)CN2C)cc1. The number of rotatable bonds is 3. The summed E-state index contributed by atoms with van der Waals surface area (Å²) in [7, 11) is 3.94. The maximum Gasteiger partial charge on any atom is 0.118 e. The molecule has 18 heavy (non-hydrogen) atoms. The third kappa shape index (κ3) is 2.94. The fraction of sp³-hybridized carbons (Fsp3) is 0.500. The number of methoxy groups -OCH3 is 1. The van der Waals surface area contributed by atoms with Gasteiger partial charge in [-0.1, -0.05) is 23.3 Å². The Morgan fingerprint density at radius 1 is 1.17 bits per heavy atom. The molecule has 1 aliphatic heterocycles. The Labute approximate surface area is 110 Å². The highest BCUT2D eigenvalue weighted by Crippen LogP contribution is 2.24. The highest BCUT2D eigenvalue weighted by Gasteiger charge is 2.21. The van der Waals surface area contributed by atoms with E-state index in [0.29, 0.717) is 6.04 Å². The molecule has 1 unspecified atom stereocenters. The Balaban J connectivity index is 2.05. The molecule has 98 valence electrons. The molecule has 0 aliphatic carbocycles. The van der Waals surface area contributed by atoms with Crippen LogP contribution in [-0.4, -0.2) is 31.6 Å². The lowest BCUT2D eigenvalue weighted by Crippen LogP contribution is -2.38. The number of benzene rings is 1. The molecule has 1 heterocycles. The number of likely N-dealkylation sites (N-methyl/N-ethyl adjacent to an activating group) is 1. The first kappa shape index (κ1) is 13.2. The maximum atomic E-state index is 5.19. The van der Waals surface area contributed by atoms with Crippen molar-refractivity contribution < 1.29 is 4.74 Å². The summed E-state index contributed by atoms with van der Waals surface area (Å²) < 4.78 is 5.19. The van der Waals surface area contributed by atoms with Gasteiger partial charge in [-0.05, 0) is 51.4 Å². The highest BCUT2D eigenvalue weighted by molar-refractivity contribution is 5.28. The maximum absolute atomic E-state index is 5.19. The van der Waals surface area contributed by atoms with Crippen molar-refractivity contribution in [2.45, 2.75) is 32.7 Å². The summed E-state index contributed by atoms with van der Waals surface area (Å²) in [5, 5.41) is 0. The van der Waals surface area contributed by atoms with Crippen LogP contribution in [0, 0.1) is 0 Å². The van der Waals surface area contributed by atoms with Gasteiger partial charge < -0.3 is 4.74 Å². The molecule has 0 N–H and O–H groups in total. The zero-order valence-electron chi connectivity index (χ0n) is 11.9. The molecule has 0 bridgehead atoms. The fourth-order valence-electron chi connectivity index (χ4n) is 2.58. The molecule has 0 radical (unpaired) electrons. The molecule has 1 aromatic rings. The predicted octanol–water partition coefficient (Wildman–Crippen LogP) is 3.28. The van der Waals surface area contributed by atoms with Gasteiger partial charge in [0.15, 0.2) is 0 Å². The van der Waals surface area contributed by atoms with E-state index in [9.17, 15) is 0 Å². The van der Waals surface area contributed by atoms with Crippen molar-refractivity contribution in [3.63, 3.8) is 0 Å². The zero-order chi connectivity index (χ0) is 13.1.